The lowest BCUT2D eigenvalue weighted by Gasteiger charge is -2.14. The van der Waals surface area contributed by atoms with E-state index >= 15 is 0 Å². The van der Waals surface area contributed by atoms with Gasteiger partial charge in [0, 0.05) is 40.9 Å². The fourth-order valence-electron chi connectivity index (χ4n) is 2.96. The molecule has 6 heteroatoms. The summed E-state index contributed by atoms with van der Waals surface area (Å²) < 4.78 is 6.06. The molecule has 136 valence electrons. The largest absolute Gasteiger partial charge is 0.487 e. The van der Waals surface area contributed by atoms with E-state index in [4.69, 9.17) is 16.3 Å². The van der Waals surface area contributed by atoms with Crippen molar-refractivity contribution < 1.29 is 14.3 Å². The van der Waals surface area contributed by atoms with Gasteiger partial charge in [-0.1, -0.05) is 25.4 Å². The predicted octanol–water partition coefficient (Wildman–Crippen LogP) is 3.44. The Bertz CT molecular complexity index is 823. The number of halogens is 1. The monoisotopic (exact) mass is 372 g/mol. The van der Waals surface area contributed by atoms with Crippen LogP contribution in [-0.4, -0.2) is 29.3 Å². The molecule has 1 aliphatic rings. The van der Waals surface area contributed by atoms with Gasteiger partial charge in [0.15, 0.2) is 0 Å². The van der Waals surface area contributed by atoms with Crippen molar-refractivity contribution in [1.82, 2.24) is 10.3 Å². The summed E-state index contributed by atoms with van der Waals surface area (Å²) in [5.41, 5.74) is 2.87. The Morgan fingerprint density at radius 1 is 1.35 bits per heavy atom. The molecular formula is C20H21ClN2O3. The van der Waals surface area contributed by atoms with Crippen LogP contribution in [0.1, 0.15) is 25.8 Å². The highest BCUT2D eigenvalue weighted by molar-refractivity contribution is 6.36. The average molecular weight is 373 g/mol. The Morgan fingerprint density at radius 2 is 2.08 bits per heavy atom. The number of amides is 1. The van der Waals surface area contributed by atoms with E-state index in [1.54, 1.807) is 19.3 Å². The van der Waals surface area contributed by atoms with Gasteiger partial charge in [0.25, 0.3) is 5.91 Å². The zero-order valence-corrected chi connectivity index (χ0v) is 15.5. The number of rotatable bonds is 6. The van der Waals surface area contributed by atoms with Gasteiger partial charge in [-0.3, -0.25) is 14.6 Å². The van der Waals surface area contributed by atoms with E-state index in [1.807, 2.05) is 31.2 Å². The van der Waals surface area contributed by atoms with Gasteiger partial charge in [0.2, 0.25) is 5.78 Å². The number of nitrogens with zero attached hydrogens (tertiary/aromatic N) is 1. The average Bonchev–Trinajstić information content (AvgIpc) is 3.07. The van der Waals surface area contributed by atoms with Crippen LogP contribution in [-0.2, 0) is 16.0 Å². The van der Waals surface area contributed by atoms with Crippen LogP contribution < -0.4 is 10.1 Å². The van der Waals surface area contributed by atoms with Gasteiger partial charge in [-0.2, -0.15) is 0 Å². The maximum Gasteiger partial charge on any atom is 0.287 e. The Labute approximate surface area is 157 Å². The van der Waals surface area contributed by atoms with E-state index in [1.165, 1.54) is 0 Å². The van der Waals surface area contributed by atoms with Crippen molar-refractivity contribution in [1.29, 1.82) is 0 Å². The first-order valence-electron chi connectivity index (χ1n) is 8.71. The summed E-state index contributed by atoms with van der Waals surface area (Å²) in [4.78, 5) is 27.9. The molecule has 2 heterocycles. The third kappa shape index (κ3) is 3.88. The second kappa shape index (κ2) is 7.87. The number of carbonyl (C=O) groups excluding carboxylic acids is 2. The molecule has 0 radical (unpaired) electrons. The lowest BCUT2D eigenvalue weighted by atomic mass is 10.0. The van der Waals surface area contributed by atoms with E-state index < -0.39 is 5.91 Å². The number of carbonyl (C=O) groups is 2. The van der Waals surface area contributed by atoms with E-state index in [9.17, 15) is 9.59 Å². The first-order valence-corrected chi connectivity index (χ1v) is 9.09. The van der Waals surface area contributed by atoms with Crippen LogP contribution in [0.5, 0.6) is 5.75 Å². The van der Waals surface area contributed by atoms with Crippen molar-refractivity contribution in [3.05, 3.63) is 47.2 Å². The molecule has 1 aliphatic heterocycles. The molecule has 1 amide bonds. The van der Waals surface area contributed by atoms with Gasteiger partial charge in [0.05, 0.1) is 6.54 Å². The van der Waals surface area contributed by atoms with Crippen LogP contribution in [0.3, 0.4) is 0 Å². The zero-order chi connectivity index (χ0) is 18.7. The van der Waals surface area contributed by atoms with Crippen molar-refractivity contribution in [2.45, 2.75) is 32.8 Å². The van der Waals surface area contributed by atoms with Crippen molar-refractivity contribution in [3.8, 4) is 16.9 Å². The Hall–Kier alpha value is -2.40. The van der Waals surface area contributed by atoms with Gasteiger partial charge in [-0.25, -0.2) is 0 Å². The van der Waals surface area contributed by atoms with Gasteiger partial charge >= 0.3 is 0 Å². The third-order valence-corrected chi connectivity index (χ3v) is 4.85. The molecule has 0 unspecified atom stereocenters. The van der Waals surface area contributed by atoms with Crippen molar-refractivity contribution in [2.75, 3.05) is 6.54 Å². The number of pyridine rings is 1. The molecule has 5 nitrogen and oxygen atoms in total. The number of aromatic nitrogens is 1. The fraction of sp³-hybridized carbons (Fsp3) is 0.350. The first-order chi connectivity index (χ1) is 12.5. The van der Waals surface area contributed by atoms with Gasteiger partial charge in [-0.05, 0) is 36.2 Å². The lowest BCUT2D eigenvalue weighted by Crippen LogP contribution is -2.40. The molecule has 0 saturated carbocycles. The van der Waals surface area contributed by atoms with Crippen LogP contribution in [0, 0.1) is 5.92 Å². The molecule has 2 atom stereocenters. The number of hydrogen-bond acceptors (Lipinski definition) is 4. The highest BCUT2D eigenvalue weighted by atomic mass is 35.5. The second-order valence-electron chi connectivity index (χ2n) is 6.51. The molecule has 2 aromatic rings. The highest BCUT2D eigenvalue weighted by Gasteiger charge is 2.28. The number of ether oxygens (including phenoxy) is 1. The van der Waals surface area contributed by atoms with E-state index in [-0.39, 0.29) is 24.3 Å². The molecule has 1 aromatic heterocycles. The molecular weight excluding hydrogens is 352 g/mol. The molecule has 1 N–H and O–H groups in total. The summed E-state index contributed by atoms with van der Waals surface area (Å²) in [6.45, 7) is 3.92. The SMILES string of the molecule is CC[C@@H](C)C(=O)C(=O)NC[C@H]1Cc2cc(Cl)cc(-c3ccncc3)c2O1. The minimum atomic E-state index is -0.550. The normalized spacial score (nSPS) is 16.5. The van der Waals surface area contributed by atoms with Crippen LogP contribution in [0.2, 0.25) is 5.02 Å². The number of Topliss-reactive ketones (excluding diaryl/α,β-unsaturated/α-hetero) is 1. The third-order valence-electron chi connectivity index (χ3n) is 4.63. The van der Waals surface area contributed by atoms with E-state index in [2.05, 4.69) is 10.3 Å². The molecule has 0 aliphatic carbocycles. The topological polar surface area (TPSA) is 68.3 Å². The van der Waals surface area contributed by atoms with Crippen molar-refractivity contribution >= 4 is 23.3 Å². The Balaban J connectivity index is 1.71. The van der Waals surface area contributed by atoms with Gasteiger partial charge in [-0.15, -0.1) is 0 Å². The summed E-state index contributed by atoms with van der Waals surface area (Å²) in [6.07, 6.45) is 4.49. The summed E-state index contributed by atoms with van der Waals surface area (Å²) >= 11 is 6.26. The number of nitrogens with one attached hydrogen (secondary N) is 1. The van der Waals surface area contributed by atoms with Gasteiger partial charge in [0.1, 0.15) is 11.9 Å². The molecule has 0 spiro atoms. The molecule has 0 bridgehead atoms. The quantitative estimate of drug-likeness (QED) is 0.789. The highest BCUT2D eigenvalue weighted by Crippen LogP contribution is 2.40. The Kier molecular flexibility index (Phi) is 5.57. The predicted molar refractivity (Wildman–Crippen MR) is 100 cm³/mol. The smallest absolute Gasteiger partial charge is 0.287 e. The molecule has 3 rings (SSSR count). The molecule has 0 fully saturated rings. The van der Waals surface area contributed by atoms with Gasteiger partial charge < -0.3 is 10.1 Å². The fourth-order valence-corrected chi connectivity index (χ4v) is 3.20. The summed E-state index contributed by atoms with van der Waals surface area (Å²) in [5, 5.41) is 3.33. The molecule has 1 aromatic carbocycles. The summed E-state index contributed by atoms with van der Waals surface area (Å²) in [6, 6.07) is 7.54. The number of hydrogen-bond donors (Lipinski definition) is 1. The minimum absolute atomic E-state index is 0.224. The zero-order valence-electron chi connectivity index (χ0n) is 14.8. The number of ketones is 1. The van der Waals surface area contributed by atoms with Crippen LogP contribution >= 0.6 is 11.6 Å². The second-order valence-corrected chi connectivity index (χ2v) is 6.94. The van der Waals surface area contributed by atoms with Crippen LogP contribution in [0.15, 0.2) is 36.7 Å². The number of benzene rings is 1. The lowest BCUT2D eigenvalue weighted by molar-refractivity contribution is -0.140. The van der Waals surface area contributed by atoms with E-state index in [0.29, 0.717) is 17.9 Å². The maximum absolute atomic E-state index is 12.0. The standard InChI is InChI=1S/C20H21ClN2O3/c1-3-12(2)18(24)20(25)23-11-16-9-14-8-15(21)10-17(19(14)26-16)13-4-6-22-7-5-13/h4-8,10,12,16H,3,9,11H2,1-2H3,(H,23,25)/t12-,16-/m1/s1. The molecule has 26 heavy (non-hydrogen) atoms. The van der Waals surface area contributed by atoms with Crippen LogP contribution in [0.25, 0.3) is 11.1 Å². The number of fused-ring (bicyclic) bond motifs is 1. The minimum Gasteiger partial charge on any atom is -0.487 e. The Morgan fingerprint density at radius 3 is 2.77 bits per heavy atom. The summed E-state index contributed by atoms with van der Waals surface area (Å²) in [5.74, 6) is -0.434. The van der Waals surface area contributed by atoms with Crippen LogP contribution in [0.4, 0.5) is 0 Å². The van der Waals surface area contributed by atoms with Crippen molar-refractivity contribution in [2.24, 2.45) is 5.92 Å². The van der Waals surface area contributed by atoms with Crippen molar-refractivity contribution in [3.63, 3.8) is 0 Å². The first kappa shape index (κ1) is 18.4. The maximum atomic E-state index is 12.0. The molecule has 0 saturated heterocycles. The summed E-state index contributed by atoms with van der Waals surface area (Å²) in [7, 11) is 0. The van der Waals surface area contributed by atoms with E-state index in [0.717, 1.165) is 22.4 Å².